The minimum atomic E-state index is 0.404. The van der Waals surface area contributed by atoms with Gasteiger partial charge in [-0.2, -0.15) is 0 Å². The zero-order valence-electron chi connectivity index (χ0n) is 8.84. The van der Waals surface area contributed by atoms with E-state index in [2.05, 4.69) is 9.97 Å². The van der Waals surface area contributed by atoms with Crippen molar-refractivity contribution in [2.45, 2.75) is 0 Å². The van der Waals surface area contributed by atoms with Gasteiger partial charge in [-0.1, -0.05) is 29.8 Å². The lowest BCUT2D eigenvalue weighted by atomic mass is 10.3. The number of rotatable bonds is 1. The summed E-state index contributed by atoms with van der Waals surface area (Å²) in [5.41, 5.74) is 8.24. The van der Waals surface area contributed by atoms with Crippen molar-refractivity contribution in [1.82, 2.24) is 14.5 Å². The molecule has 0 atom stereocenters. The quantitative estimate of drug-likeness (QED) is 0.716. The Morgan fingerprint density at radius 3 is 2.71 bits per heavy atom. The molecule has 1 aromatic carbocycles. The van der Waals surface area contributed by atoms with Gasteiger partial charge in [0.2, 0.25) is 5.95 Å². The van der Waals surface area contributed by atoms with Crippen LogP contribution in [0, 0.1) is 0 Å². The number of anilines is 1. The van der Waals surface area contributed by atoms with Crippen LogP contribution in [-0.4, -0.2) is 14.5 Å². The van der Waals surface area contributed by atoms with E-state index in [-0.39, 0.29) is 0 Å². The fourth-order valence-electron chi connectivity index (χ4n) is 1.79. The number of fused-ring (bicyclic) bond motifs is 1. The smallest absolute Gasteiger partial charge is 0.207 e. The summed E-state index contributed by atoms with van der Waals surface area (Å²) in [7, 11) is 0. The third-order valence-corrected chi connectivity index (χ3v) is 2.71. The van der Waals surface area contributed by atoms with E-state index in [9.17, 15) is 0 Å². The highest BCUT2D eigenvalue weighted by Gasteiger charge is 2.10. The lowest BCUT2D eigenvalue weighted by Gasteiger charge is -2.04. The van der Waals surface area contributed by atoms with Crippen molar-refractivity contribution in [1.29, 1.82) is 0 Å². The molecule has 0 saturated heterocycles. The van der Waals surface area contributed by atoms with Gasteiger partial charge in [-0.3, -0.25) is 4.57 Å². The maximum absolute atomic E-state index is 5.90. The summed E-state index contributed by atoms with van der Waals surface area (Å²) in [6.07, 6.45) is 1.59. The van der Waals surface area contributed by atoms with E-state index in [0.29, 0.717) is 22.1 Å². The van der Waals surface area contributed by atoms with Crippen LogP contribution in [0.4, 0.5) is 5.95 Å². The number of benzene rings is 1. The molecule has 2 aromatic heterocycles. The van der Waals surface area contributed by atoms with Crippen molar-refractivity contribution < 1.29 is 0 Å². The monoisotopic (exact) mass is 244 g/mol. The van der Waals surface area contributed by atoms with Gasteiger partial charge in [-0.05, 0) is 18.2 Å². The summed E-state index contributed by atoms with van der Waals surface area (Å²) >= 11 is 5.87. The van der Waals surface area contributed by atoms with Gasteiger partial charge in [0.15, 0.2) is 5.65 Å². The van der Waals surface area contributed by atoms with E-state index in [4.69, 9.17) is 17.3 Å². The van der Waals surface area contributed by atoms with Gasteiger partial charge in [0, 0.05) is 6.20 Å². The molecule has 0 unspecified atom stereocenters. The minimum Gasteiger partial charge on any atom is -0.369 e. The summed E-state index contributed by atoms with van der Waals surface area (Å²) in [6.45, 7) is 0. The van der Waals surface area contributed by atoms with E-state index >= 15 is 0 Å². The zero-order chi connectivity index (χ0) is 11.8. The van der Waals surface area contributed by atoms with Crippen molar-refractivity contribution in [2.24, 2.45) is 0 Å². The average Bonchev–Trinajstić information content (AvgIpc) is 2.65. The Morgan fingerprint density at radius 1 is 1.18 bits per heavy atom. The van der Waals surface area contributed by atoms with Crippen molar-refractivity contribution >= 4 is 28.7 Å². The van der Waals surface area contributed by atoms with E-state index in [1.54, 1.807) is 16.8 Å². The number of para-hydroxylation sites is 1. The fraction of sp³-hybridized carbons (Fsp3) is 0. The highest BCUT2D eigenvalue weighted by molar-refractivity contribution is 6.31. The molecule has 0 radical (unpaired) electrons. The maximum atomic E-state index is 5.90. The van der Waals surface area contributed by atoms with E-state index in [1.165, 1.54) is 0 Å². The van der Waals surface area contributed by atoms with Crippen molar-refractivity contribution in [3.8, 4) is 5.69 Å². The molecule has 0 aliphatic rings. The van der Waals surface area contributed by atoms with Crippen molar-refractivity contribution in [3.63, 3.8) is 0 Å². The van der Waals surface area contributed by atoms with Crippen LogP contribution < -0.4 is 5.73 Å². The molecule has 5 heteroatoms. The average molecular weight is 245 g/mol. The SMILES string of the molecule is Nc1nc2cc(Cl)cnc2n1-c1ccccc1. The van der Waals surface area contributed by atoms with E-state index in [1.807, 2.05) is 30.3 Å². The van der Waals surface area contributed by atoms with Gasteiger partial charge in [-0.15, -0.1) is 0 Å². The second kappa shape index (κ2) is 3.75. The van der Waals surface area contributed by atoms with Crippen molar-refractivity contribution in [3.05, 3.63) is 47.6 Å². The van der Waals surface area contributed by atoms with Crippen LogP contribution in [0.25, 0.3) is 16.9 Å². The molecular formula is C12H9ClN4. The lowest BCUT2D eigenvalue weighted by molar-refractivity contribution is 1.08. The molecule has 0 fully saturated rings. The molecule has 0 aliphatic heterocycles. The van der Waals surface area contributed by atoms with Crippen LogP contribution in [0.15, 0.2) is 42.6 Å². The van der Waals surface area contributed by atoms with Gasteiger partial charge in [0.05, 0.1) is 10.7 Å². The molecule has 0 bridgehead atoms. The minimum absolute atomic E-state index is 0.404. The summed E-state index contributed by atoms with van der Waals surface area (Å²) in [5.74, 6) is 0.404. The number of aromatic nitrogens is 3. The van der Waals surface area contributed by atoms with E-state index in [0.717, 1.165) is 5.69 Å². The predicted octanol–water partition coefficient (Wildman–Crippen LogP) is 2.66. The number of imidazole rings is 1. The Hall–Kier alpha value is -2.07. The first-order valence-electron chi connectivity index (χ1n) is 5.10. The largest absolute Gasteiger partial charge is 0.369 e. The van der Waals surface area contributed by atoms with Gasteiger partial charge in [0.25, 0.3) is 0 Å². The van der Waals surface area contributed by atoms with Crippen LogP contribution >= 0.6 is 11.6 Å². The Kier molecular flexibility index (Phi) is 2.23. The Bertz CT molecular complexity index is 676. The lowest BCUT2D eigenvalue weighted by Crippen LogP contribution is -2.00. The van der Waals surface area contributed by atoms with Gasteiger partial charge < -0.3 is 5.73 Å². The van der Waals surface area contributed by atoms with Crippen LogP contribution in [0.3, 0.4) is 0 Å². The number of nitrogens with two attached hydrogens (primary N) is 1. The molecule has 3 rings (SSSR count). The molecule has 0 amide bonds. The maximum Gasteiger partial charge on any atom is 0.207 e. The van der Waals surface area contributed by atoms with Crippen molar-refractivity contribution in [2.75, 3.05) is 5.73 Å². The molecule has 0 aliphatic carbocycles. The molecule has 17 heavy (non-hydrogen) atoms. The number of nitrogen functional groups attached to an aromatic ring is 1. The normalized spacial score (nSPS) is 10.9. The van der Waals surface area contributed by atoms with Crippen LogP contribution in [0.1, 0.15) is 0 Å². The molecule has 2 heterocycles. The van der Waals surface area contributed by atoms with Gasteiger partial charge >= 0.3 is 0 Å². The molecule has 2 N–H and O–H groups in total. The fourth-order valence-corrected chi connectivity index (χ4v) is 1.94. The molecule has 0 spiro atoms. The highest BCUT2D eigenvalue weighted by Crippen LogP contribution is 2.22. The van der Waals surface area contributed by atoms with Crippen LogP contribution in [0.5, 0.6) is 0 Å². The summed E-state index contributed by atoms with van der Waals surface area (Å²) < 4.78 is 1.80. The van der Waals surface area contributed by atoms with E-state index < -0.39 is 0 Å². The number of nitrogens with zero attached hydrogens (tertiary/aromatic N) is 3. The third-order valence-electron chi connectivity index (χ3n) is 2.50. The first kappa shape index (κ1) is 10.1. The number of hydrogen-bond acceptors (Lipinski definition) is 3. The number of pyridine rings is 1. The zero-order valence-corrected chi connectivity index (χ0v) is 9.59. The van der Waals surface area contributed by atoms with Crippen LogP contribution in [0.2, 0.25) is 5.02 Å². The first-order valence-corrected chi connectivity index (χ1v) is 5.48. The van der Waals surface area contributed by atoms with Gasteiger partial charge in [-0.25, -0.2) is 9.97 Å². The summed E-state index contributed by atoms with van der Waals surface area (Å²) in [5, 5.41) is 0.551. The van der Waals surface area contributed by atoms with Crippen LogP contribution in [-0.2, 0) is 0 Å². The van der Waals surface area contributed by atoms with Gasteiger partial charge in [0.1, 0.15) is 5.52 Å². The first-order chi connectivity index (χ1) is 8.25. The summed E-state index contributed by atoms with van der Waals surface area (Å²) in [4.78, 5) is 8.51. The Morgan fingerprint density at radius 2 is 1.94 bits per heavy atom. The Balaban J connectivity index is 2.33. The molecule has 3 aromatic rings. The summed E-state index contributed by atoms with van der Waals surface area (Å²) in [6, 6.07) is 11.5. The Labute approximate surface area is 103 Å². The molecular weight excluding hydrogens is 236 g/mol. The molecule has 0 saturated carbocycles. The molecule has 4 nitrogen and oxygen atoms in total. The highest BCUT2D eigenvalue weighted by atomic mass is 35.5. The second-order valence-electron chi connectivity index (χ2n) is 3.64. The predicted molar refractivity (Wildman–Crippen MR) is 68.3 cm³/mol. The molecule has 84 valence electrons. The number of halogens is 1. The second-order valence-corrected chi connectivity index (χ2v) is 4.07. The standard InChI is InChI=1S/C12H9ClN4/c13-8-6-10-11(15-7-8)17(12(14)16-10)9-4-2-1-3-5-9/h1-7H,(H2,14,16). The number of hydrogen-bond donors (Lipinski definition) is 1. The third kappa shape index (κ3) is 1.62. The topological polar surface area (TPSA) is 56.7 Å².